The number of benzene rings is 1. The molecular formula is C16H16N2S. The third-order valence-electron chi connectivity index (χ3n) is 3.26. The summed E-state index contributed by atoms with van der Waals surface area (Å²) in [5, 5.41) is 8.17. The topological polar surface area (TPSA) is 24.9 Å². The number of hydrogen-bond acceptors (Lipinski definition) is 3. The Bertz CT molecular complexity index is 656. The molecular weight excluding hydrogens is 252 g/mol. The van der Waals surface area contributed by atoms with E-state index in [-0.39, 0.29) is 6.04 Å². The van der Waals surface area contributed by atoms with Crippen molar-refractivity contribution in [3.05, 3.63) is 64.6 Å². The zero-order chi connectivity index (χ0) is 13.1. The molecule has 1 N–H and O–H groups in total. The first kappa shape index (κ1) is 12.3. The van der Waals surface area contributed by atoms with E-state index in [0.29, 0.717) is 0 Å². The van der Waals surface area contributed by atoms with E-state index in [9.17, 15) is 0 Å². The van der Waals surface area contributed by atoms with Crippen LogP contribution in [0.1, 0.15) is 23.4 Å². The summed E-state index contributed by atoms with van der Waals surface area (Å²) in [5.41, 5.74) is 1.30. The van der Waals surface area contributed by atoms with Crippen molar-refractivity contribution in [1.82, 2.24) is 10.3 Å². The maximum absolute atomic E-state index is 4.27. The molecule has 2 aromatic heterocycles. The van der Waals surface area contributed by atoms with E-state index in [1.54, 1.807) is 11.3 Å². The monoisotopic (exact) mass is 268 g/mol. The summed E-state index contributed by atoms with van der Waals surface area (Å²) >= 11 is 1.79. The Morgan fingerprint density at radius 1 is 1.21 bits per heavy atom. The van der Waals surface area contributed by atoms with Gasteiger partial charge in [-0.25, -0.2) is 0 Å². The van der Waals surface area contributed by atoms with Crippen LogP contribution in [0.3, 0.4) is 0 Å². The second-order valence-electron chi connectivity index (χ2n) is 4.45. The summed E-state index contributed by atoms with van der Waals surface area (Å²) in [6.45, 7) is 3.09. The quantitative estimate of drug-likeness (QED) is 0.773. The third kappa shape index (κ3) is 2.39. The van der Waals surface area contributed by atoms with Crippen molar-refractivity contribution in [1.29, 1.82) is 0 Å². The van der Waals surface area contributed by atoms with Gasteiger partial charge in [-0.2, -0.15) is 0 Å². The maximum atomic E-state index is 4.27. The fourth-order valence-corrected chi connectivity index (χ4v) is 3.23. The maximum Gasteiger partial charge on any atom is 0.0677 e. The number of hydrogen-bond donors (Lipinski definition) is 1. The molecule has 1 atom stereocenters. The van der Waals surface area contributed by atoms with E-state index in [4.69, 9.17) is 0 Å². The fraction of sp³-hybridized carbons (Fsp3) is 0.188. The number of aromatic nitrogens is 1. The van der Waals surface area contributed by atoms with Crippen molar-refractivity contribution in [3.8, 4) is 0 Å². The van der Waals surface area contributed by atoms with Crippen molar-refractivity contribution < 1.29 is 0 Å². The summed E-state index contributed by atoms with van der Waals surface area (Å²) in [6, 6.07) is 13.1. The van der Waals surface area contributed by atoms with Gasteiger partial charge in [0.15, 0.2) is 0 Å². The van der Waals surface area contributed by atoms with Gasteiger partial charge >= 0.3 is 0 Å². The Labute approximate surface area is 117 Å². The Hall–Kier alpha value is -1.71. The van der Waals surface area contributed by atoms with Crippen LogP contribution < -0.4 is 5.32 Å². The van der Waals surface area contributed by atoms with Crippen LogP contribution in [0.25, 0.3) is 10.8 Å². The normalized spacial score (nSPS) is 12.7. The van der Waals surface area contributed by atoms with Gasteiger partial charge in [-0.3, -0.25) is 4.98 Å². The average Bonchev–Trinajstić information content (AvgIpc) is 2.98. The minimum atomic E-state index is 0.248. The van der Waals surface area contributed by atoms with Crippen LogP contribution in [0.5, 0.6) is 0 Å². The Kier molecular flexibility index (Phi) is 3.58. The molecule has 19 heavy (non-hydrogen) atoms. The smallest absolute Gasteiger partial charge is 0.0677 e. The van der Waals surface area contributed by atoms with Gasteiger partial charge in [-0.05, 0) is 35.0 Å². The van der Waals surface area contributed by atoms with Gasteiger partial charge in [0.25, 0.3) is 0 Å². The standard InChI is InChI=1S/C16H16N2S/c1-2-18-16(15-7-4-10-19-15)13-6-3-5-12-8-9-17-11-14(12)13/h3-11,16,18H,2H2,1H3. The molecule has 1 aromatic carbocycles. The number of nitrogens with zero attached hydrogens (tertiary/aromatic N) is 1. The highest BCUT2D eigenvalue weighted by Gasteiger charge is 2.16. The number of pyridine rings is 1. The van der Waals surface area contributed by atoms with Gasteiger partial charge in [-0.15, -0.1) is 11.3 Å². The SMILES string of the molecule is CCNC(c1cccs1)c1cccc2ccncc12. The molecule has 0 aliphatic carbocycles. The van der Waals surface area contributed by atoms with E-state index in [2.05, 4.69) is 59.0 Å². The van der Waals surface area contributed by atoms with Crippen LogP contribution in [0.4, 0.5) is 0 Å². The first-order chi connectivity index (χ1) is 9.40. The third-order valence-corrected chi connectivity index (χ3v) is 4.20. The van der Waals surface area contributed by atoms with Crippen LogP contribution in [0, 0.1) is 0 Å². The van der Waals surface area contributed by atoms with Crippen LogP contribution in [0.2, 0.25) is 0 Å². The lowest BCUT2D eigenvalue weighted by atomic mass is 9.99. The predicted molar refractivity (Wildman–Crippen MR) is 81.6 cm³/mol. The molecule has 0 fully saturated rings. The van der Waals surface area contributed by atoms with E-state index >= 15 is 0 Å². The highest BCUT2D eigenvalue weighted by atomic mass is 32.1. The largest absolute Gasteiger partial charge is 0.306 e. The molecule has 0 radical (unpaired) electrons. The van der Waals surface area contributed by atoms with Gasteiger partial charge in [-0.1, -0.05) is 31.2 Å². The van der Waals surface area contributed by atoms with Crippen molar-refractivity contribution in [2.75, 3.05) is 6.54 Å². The lowest BCUT2D eigenvalue weighted by molar-refractivity contribution is 0.643. The summed E-state index contributed by atoms with van der Waals surface area (Å²) in [6.07, 6.45) is 3.81. The van der Waals surface area contributed by atoms with Crippen LogP contribution >= 0.6 is 11.3 Å². The Morgan fingerprint density at radius 3 is 2.95 bits per heavy atom. The molecule has 3 rings (SSSR count). The Balaban J connectivity index is 2.15. The van der Waals surface area contributed by atoms with Crippen molar-refractivity contribution in [3.63, 3.8) is 0 Å². The van der Waals surface area contributed by atoms with Crippen molar-refractivity contribution in [2.24, 2.45) is 0 Å². The Morgan fingerprint density at radius 2 is 2.16 bits per heavy atom. The molecule has 3 aromatic rings. The van der Waals surface area contributed by atoms with Gasteiger partial charge in [0, 0.05) is 22.7 Å². The summed E-state index contributed by atoms with van der Waals surface area (Å²) in [4.78, 5) is 5.62. The first-order valence-corrected chi connectivity index (χ1v) is 7.37. The average molecular weight is 268 g/mol. The molecule has 3 heteroatoms. The zero-order valence-electron chi connectivity index (χ0n) is 10.8. The molecule has 0 amide bonds. The number of fused-ring (bicyclic) bond motifs is 1. The van der Waals surface area contributed by atoms with E-state index < -0.39 is 0 Å². The fourth-order valence-electron chi connectivity index (χ4n) is 2.41. The molecule has 0 saturated carbocycles. The molecule has 0 bridgehead atoms. The molecule has 0 aliphatic heterocycles. The predicted octanol–water partition coefficient (Wildman–Crippen LogP) is 4.00. The van der Waals surface area contributed by atoms with Gasteiger partial charge < -0.3 is 5.32 Å². The zero-order valence-corrected chi connectivity index (χ0v) is 11.7. The summed E-state index contributed by atoms with van der Waals surface area (Å²) < 4.78 is 0. The molecule has 0 saturated heterocycles. The first-order valence-electron chi connectivity index (χ1n) is 6.49. The molecule has 2 heterocycles. The molecule has 96 valence electrons. The summed E-state index contributed by atoms with van der Waals surface area (Å²) in [5.74, 6) is 0. The van der Waals surface area contributed by atoms with E-state index in [0.717, 1.165) is 6.54 Å². The van der Waals surface area contributed by atoms with E-state index in [1.165, 1.54) is 21.2 Å². The van der Waals surface area contributed by atoms with Gasteiger partial charge in [0.1, 0.15) is 0 Å². The van der Waals surface area contributed by atoms with Crippen molar-refractivity contribution in [2.45, 2.75) is 13.0 Å². The number of thiophene rings is 1. The highest BCUT2D eigenvalue weighted by molar-refractivity contribution is 7.10. The molecule has 0 spiro atoms. The number of nitrogens with one attached hydrogen (secondary N) is 1. The minimum Gasteiger partial charge on any atom is -0.306 e. The number of rotatable bonds is 4. The van der Waals surface area contributed by atoms with Crippen LogP contribution in [-0.2, 0) is 0 Å². The molecule has 0 aliphatic rings. The highest BCUT2D eigenvalue weighted by Crippen LogP contribution is 2.30. The van der Waals surface area contributed by atoms with Crippen LogP contribution in [-0.4, -0.2) is 11.5 Å². The van der Waals surface area contributed by atoms with Gasteiger partial charge in [0.05, 0.1) is 6.04 Å². The second-order valence-corrected chi connectivity index (χ2v) is 5.43. The lowest BCUT2D eigenvalue weighted by Gasteiger charge is -2.18. The summed E-state index contributed by atoms with van der Waals surface area (Å²) in [7, 11) is 0. The lowest BCUT2D eigenvalue weighted by Crippen LogP contribution is -2.21. The van der Waals surface area contributed by atoms with Crippen LogP contribution in [0.15, 0.2) is 54.2 Å². The second kappa shape index (κ2) is 5.51. The molecule has 1 unspecified atom stereocenters. The van der Waals surface area contributed by atoms with Crippen molar-refractivity contribution >= 4 is 22.1 Å². The van der Waals surface area contributed by atoms with E-state index in [1.807, 2.05) is 12.4 Å². The molecule has 2 nitrogen and oxygen atoms in total. The van der Waals surface area contributed by atoms with Gasteiger partial charge in [0.2, 0.25) is 0 Å². The minimum absolute atomic E-state index is 0.248.